The first-order valence-corrected chi connectivity index (χ1v) is 10.2. The smallest absolute Gasteiger partial charge is 0.405 e. The molecule has 3 rings (SSSR count). The van der Waals surface area contributed by atoms with Crippen molar-refractivity contribution in [3.05, 3.63) is 36.3 Å². The first-order chi connectivity index (χ1) is 16.5. The van der Waals surface area contributed by atoms with Crippen molar-refractivity contribution in [3.8, 4) is 11.7 Å². The summed E-state index contributed by atoms with van der Waals surface area (Å²) in [4.78, 5) is 24.2. The van der Waals surface area contributed by atoms with Crippen LogP contribution in [0, 0.1) is 11.7 Å². The molecule has 198 valence electrons. The first kappa shape index (κ1) is 25.5. The number of alkyl halides is 3. The number of carbonyl (C=O) groups excluding carboxylic acids is 1. The lowest BCUT2D eigenvalue weighted by Gasteiger charge is -2.23. The van der Waals surface area contributed by atoms with Gasteiger partial charge in [-0.25, -0.2) is 9.37 Å². The van der Waals surface area contributed by atoms with Crippen LogP contribution in [0.3, 0.4) is 0 Å². The van der Waals surface area contributed by atoms with E-state index in [-0.39, 0.29) is 25.0 Å². The van der Waals surface area contributed by atoms with Gasteiger partial charge in [-0.15, -0.1) is 5.10 Å². The first-order valence-electron chi connectivity index (χ1n) is 10.2. The van der Waals surface area contributed by atoms with Crippen molar-refractivity contribution in [1.82, 2.24) is 30.0 Å². The fourth-order valence-corrected chi connectivity index (χ4v) is 2.87. The molecule has 11 nitrogen and oxygen atoms in total. The van der Waals surface area contributed by atoms with E-state index in [1.807, 2.05) is 0 Å². The summed E-state index contributed by atoms with van der Waals surface area (Å²) in [6.07, 6.45) is -3.78. The molecule has 0 saturated carbocycles. The Bertz CT molecular complexity index is 1190. The molecule has 0 aliphatic carbocycles. The molecule has 2 heterocycles. The van der Waals surface area contributed by atoms with Crippen molar-refractivity contribution in [1.29, 1.82) is 0 Å². The minimum absolute atomic E-state index is 0. The molecule has 1 aromatic carbocycles. The van der Waals surface area contributed by atoms with Gasteiger partial charge in [-0.2, -0.15) is 27.8 Å². The van der Waals surface area contributed by atoms with E-state index in [4.69, 9.17) is 10.5 Å². The monoisotopic (exact) mass is 507 g/mol. The molecule has 0 radical (unpaired) electrons. The molecule has 0 bridgehead atoms. The summed E-state index contributed by atoms with van der Waals surface area (Å²) in [5.74, 6) is -2.38. The molecule has 15 heteroatoms. The number of amides is 1. The van der Waals surface area contributed by atoms with Gasteiger partial charge in [-0.1, -0.05) is 13.8 Å². The molecule has 1 atom stereocenters. The Balaban J connectivity index is -0.00000274. The van der Waals surface area contributed by atoms with Gasteiger partial charge in [0.1, 0.15) is 18.3 Å². The van der Waals surface area contributed by atoms with Crippen molar-refractivity contribution in [2.75, 3.05) is 30.0 Å². The maximum atomic E-state index is 14.4. The predicted molar refractivity (Wildman–Crippen MR) is 129 cm³/mol. The van der Waals surface area contributed by atoms with Crippen molar-refractivity contribution >= 4 is 29.3 Å². The van der Waals surface area contributed by atoms with E-state index >= 15 is 0 Å². The van der Waals surface area contributed by atoms with Crippen LogP contribution in [0.25, 0.3) is 5.95 Å². The van der Waals surface area contributed by atoms with Crippen molar-refractivity contribution in [3.63, 3.8) is 0 Å². The number of nitrogens with two attached hydrogens (primary N) is 1. The summed E-state index contributed by atoms with van der Waals surface area (Å²) in [5, 5.41) is 11.4. The zero-order valence-electron chi connectivity index (χ0n) is 18.9. The Hall–Kier alpha value is -4.17. The average Bonchev–Trinajstić information content (AvgIpc) is 3.16. The van der Waals surface area contributed by atoms with Crippen LogP contribution in [0.15, 0.2) is 30.5 Å². The minimum Gasteiger partial charge on any atom is -0.497 e. The Labute approximate surface area is 204 Å². The second kappa shape index (κ2) is 10.4. The van der Waals surface area contributed by atoms with E-state index in [0.717, 1.165) is 10.9 Å². The summed E-state index contributed by atoms with van der Waals surface area (Å²) >= 11 is 0. The number of benzene rings is 1. The van der Waals surface area contributed by atoms with E-state index in [2.05, 4.69) is 30.7 Å². The quantitative estimate of drug-likeness (QED) is 0.317. The molecule has 0 unspecified atom stereocenters. The molecule has 1 amide bonds. The number of nitrogens with one attached hydrogen (secondary N) is 3. The zero-order chi connectivity index (χ0) is 25.8. The van der Waals surface area contributed by atoms with Crippen LogP contribution in [-0.4, -0.2) is 56.5 Å². The number of nitrogens with zero attached hydrogens (tertiary/aromatic N) is 5. The summed E-state index contributed by atoms with van der Waals surface area (Å²) < 4.78 is 57.9. The van der Waals surface area contributed by atoms with Gasteiger partial charge in [0.05, 0.1) is 13.3 Å². The number of halogens is 4. The number of aromatic nitrogens is 5. The Morgan fingerprint density at radius 2 is 1.91 bits per heavy atom. The number of rotatable bonds is 9. The standard InChI is InChI=1S/C20H23F4N9O2.5H2/c1-10(2)14(16(34)27-9-20(22,23)24)29-15-13(21)8-26-19(30-15)33-17(25)31-18(32-33)28-11-4-6-12(35-3)7-5-11;;;;;/h4-8,10,14H,9H2,1-3H3,(H,27,34)(H,26,29,30)(H3,25,28,31,32);5*1H/t14-;;;;;/m1...../s1. The average molecular weight is 508 g/mol. The second-order valence-electron chi connectivity index (χ2n) is 7.62. The van der Waals surface area contributed by atoms with Crippen LogP contribution in [0.5, 0.6) is 5.75 Å². The molecule has 3 aromatic rings. The van der Waals surface area contributed by atoms with Crippen LogP contribution in [0.1, 0.15) is 21.0 Å². The third-order valence-electron chi connectivity index (χ3n) is 4.60. The topological polar surface area (TPSA) is 145 Å². The fraction of sp³-hybridized carbons (Fsp3) is 0.350. The van der Waals surface area contributed by atoms with E-state index in [1.165, 1.54) is 7.11 Å². The van der Waals surface area contributed by atoms with E-state index in [0.29, 0.717) is 11.4 Å². The van der Waals surface area contributed by atoms with Crippen LogP contribution < -0.4 is 26.4 Å². The molecular weight excluding hydrogens is 474 g/mol. The number of anilines is 4. The highest BCUT2D eigenvalue weighted by molar-refractivity contribution is 5.84. The predicted octanol–water partition coefficient (Wildman–Crippen LogP) is 3.88. The third kappa shape index (κ3) is 6.68. The molecular formula is C20H33F4N9O2. The second-order valence-corrected chi connectivity index (χ2v) is 7.62. The van der Waals surface area contributed by atoms with Gasteiger partial charge in [-0.3, -0.25) is 4.79 Å². The van der Waals surface area contributed by atoms with Gasteiger partial charge in [0.2, 0.25) is 17.8 Å². The van der Waals surface area contributed by atoms with Gasteiger partial charge < -0.3 is 26.4 Å². The normalized spacial score (nSPS) is 12.3. The molecule has 0 saturated heterocycles. The highest BCUT2D eigenvalue weighted by Crippen LogP contribution is 2.21. The van der Waals surface area contributed by atoms with Crippen LogP contribution in [-0.2, 0) is 4.79 Å². The SMILES string of the molecule is COc1ccc(Nc2nc(N)n(-c3ncc(F)c(N[C@@H](C(=O)NCC(F)(F)F)C(C)C)n3)n2)cc1.[HH].[HH].[HH].[HH].[HH]. The number of nitrogen functional groups attached to an aromatic ring is 1. The van der Waals surface area contributed by atoms with Gasteiger partial charge >= 0.3 is 6.18 Å². The van der Waals surface area contributed by atoms with E-state index in [9.17, 15) is 22.4 Å². The third-order valence-corrected chi connectivity index (χ3v) is 4.60. The van der Waals surface area contributed by atoms with Crippen molar-refractivity contribution in [2.45, 2.75) is 26.1 Å². The highest BCUT2D eigenvalue weighted by atomic mass is 19.4. The number of carbonyl (C=O) groups is 1. The van der Waals surface area contributed by atoms with Crippen LogP contribution in [0.2, 0.25) is 0 Å². The van der Waals surface area contributed by atoms with E-state index in [1.54, 1.807) is 43.4 Å². The molecule has 0 aliphatic rings. The molecule has 0 aliphatic heterocycles. The minimum atomic E-state index is -4.59. The molecule has 5 N–H and O–H groups in total. The summed E-state index contributed by atoms with van der Waals surface area (Å²) in [5.41, 5.74) is 6.54. The van der Waals surface area contributed by atoms with E-state index < -0.39 is 42.2 Å². The Morgan fingerprint density at radius 3 is 2.51 bits per heavy atom. The van der Waals surface area contributed by atoms with Crippen molar-refractivity contribution < 1.29 is 34.2 Å². The van der Waals surface area contributed by atoms with Gasteiger partial charge in [0.15, 0.2) is 11.6 Å². The van der Waals surface area contributed by atoms with Gasteiger partial charge in [-0.05, 0) is 30.2 Å². The Morgan fingerprint density at radius 1 is 1.23 bits per heavy atom. The largest absolute Gasteiger partial charge is 0.497 e. The molecule has 35 heavy (non-hydrogen) atoms. The number of methoxy groups -OCH3 is 1. The number of hydrogen-bond donors (Lipinski definition) is 4. The fourth-order valence-electron chi connectivity index (χ4n) is 2.87. The molecule has 0 spiro atoms. The molecule has 0 fully saturated rings. The number of ether oxygens (including phenoxy) is 1. The highest BCUT2D eigenvalue weighted by Gasteiger charge is 2.31. The summed E-state index contributed by atoms with van der Waals surface area (Å²) in [6.45, 7) is 1.64. The van der Waals surface area contributed by atoms with Crippen molar-refractivity contribution in [2.24, 2.45) is 5.92 Å². The summed E-state index contributed by atoms with van der Waals surface area (Å²) in [7, 11) is 1.54. The lowest BCUT2D eigenvalue weighted by molar-refractivity contribution is -0.139. The maximum Gasteiger partial charge on any atom is 0.405 e. The van der Waals surface area contributed by atoms with Crippen LogP contribution in [0.4, 0.5) is 41.0 Å². The number of hydrogen-bond acceptors (Lipinski definition) is 9. The molecule has 2 aromatic heterocycles. The Kier molecular flexibility index (Phi) is 7.56. The van der Waals surface area contributed by atoms with Gasteiger partial charge in [0.25, 0.3) is 5.95 Å². The van der Waals surface area contributed by atoms with Gasteiger partial charge in [0, 0.05) is 12.8 Å². The zero-order valence-corrected chi connectivity index (χ0v) is 18.9. The van der Waals surface area contributed by atoms with Crippen LogP contribution >= 0.6 is 0 Å². The maximum absolute atomic E-state index is 14.4. The lowest BCUT2D eigenvalue weighted by atomic mass is 10.0. The lowest BCUT2D eigenvalue weighted by Crippen LogP contribution is -2.46. The summed E-state index contributed by atoms with van der Waals surface area (Å²) in [6, 6.07) is 5.68.